The summed E-state index contributed by atoms with van der Waals surface area (Å²) in [5.74, 6) is -2.52. The number of cyclic esters (lactones) is 1. The lowest BCUT2D eigenvalue weighted by atomic mass is 9.75. The first kappa shape index (κ1) is 48.6. The third-order valence-electron chi connectivity index (χ3n) is 13.7. The Hall–Kier alpha value is -1.05. The summed E-state index contributed by atoms with van der Waals surface area (Å²) >= 11 is 0. The highest BCUT2D eigenvalue weighted by Gasteiger charge is 2.62. The van der Waals surface area contributed by atoms with Gasteiger partial charge in [-0.05, 0) is 101 Å². The smallest absolute Gasteiger partial charge is 0.311 e. The number of aliphatic hydroxyl groups is 4. The Balaban J connectivity index is 1.79. The van der Waals surface area contributed by atoms with Crippen molar-refractivity contribution in [2.75, 3.05) is 47.6 Å². The third kappa shape index (κ3) is 10.4. The van der Waals surface area contributed by atoms with Gasteiger partial charge in [-0.2, -0.15) is 0 Å². The van der Waals surface area contributed by atoms with Gasteiger partial charge in [-0.15, -0.1) is 0 Å². The largest absolute Gasteiger partial charge is 0.459 e. The van der Waals surface area contributed by atoms with Crippen molar-refractivity contribution in [2.24, 2.45) is 17.8 Å². The van der Waals surface area contributed by atoms with Crippen molar-refractivity contribution in [1.29, 1.82) is 0 Å². The maximum Gasteiger partial charge on any atom is 0.311 e. The minimum atomic E-state index is -1.79. The molecule has 4 heterocycles. The monoisotopic (exact) mass is 818 g/mol. The summed E-state index contributed by atoms with van der Waals surface area (Å²) in [6, 6.07) is -0.846. The van der Waals surface area contributed by atoms with Crippen LogP contribution in [0.5, 0.6) is 0 Å². The normalized spacial score (nSPS) is 48.8. The molecule has 18 atom stereocenters. The van der Waals surface area contributed by atoms with Gasteiger partial charge >= 0.3 is 5.97 Å². The predicted molar refractivity (Wildman–Crippen MR) is 214 cm³/mol. The second-order valence-electron chi connectivity index (χ2n) is 18.8. The highest BCUT2D eigenvalue weighted by Crippen LogP contribution is 2.47. The zero-order valence-corrected chi connectivity index (χ0v) is 37.4. The van der Waals surface area contributed by atoms with E-state index in [-0.39, 0.29) is 37.3 Å². The quantitative estimate of drug-likeness (QED) is 0.214. The Bertz CT molecular complexity index is 1290. The van der Waals surface area contributed by atoms with Crippen molar-refractivity contribution in [3.05, 3.63) is 0 Å². The Labute approximate surface area is 342 Å². The molecular weight excluding hydrogens is 738 g/mol. The van der Waals surface area contributed by atoms with Crippen LogP contribution in [0.2, 0.25) is 0 Å². The van der Waals surface area contributed by atoms with E-state index in [1.165, 1.54) is 6.92 Å². The van der Waals surface area contributed by atoms with Crippen LogP contribution < -0.4 is 5.32 Å². The van der Waals surface area contributed by atoms with E-state index in [9.17, 15) is 25.2 Å². The number of rotatable bonds is 9. The molecule has 4 saturated heterocycles. The zero-order valence-electron chi connectivity index (χ0n) is 37.4. The number of ether oxygens (including phenoxy) is 7. The maximum absolute atomic E-state index is 14.4. The number of carbonyl (C=O) groups is 1. The molecule has 57 heavy (non-hydrogen) atoms. The van der Waals surface area contributed by atoms with Crippen LogP contribution in [0.15, 0.2) is 0 Å². The molecule has 4 aliphatic heterocycles. The Morgan fingerprint density at radius 2 is 1.65 bits per heavy atom. The summed E-state index contributed by atoms with van der Waals surface area (Å²) < 4.78 is 45.6. The fourth-order valence-electron chi connectivity index (χ4n) is 10.1. The molecule has 1 spiro atoms. The number of nitrogens with zero attached hydrogens (tertiary/aromatic N) is 2. The van der Waals surface area contributed by atoms with Gasteiger partial charge in [0.05, 0.1) is 35.9 Å². The van der Waals surface area contributed by atoms with Crippen LogP contribution in [0.4, 0.5) is 0 Å². The van der Waals surface area contributed by atoms with E-state index >= 15 is 0 Å². The molecule has 5 N–H and O–H groups in total. The Kier molecular flexibility index (Phi) is 16.5. The van der Waals surface area contributed by atoms with E-state index in [1.807, 2.05) is 53.6 Å². The molecule has 15 heteroatoms. The van der Waals surface area contributed by atoms with Crippen LogP contribution in [0.1, 0.15) is 108 Å². The summed E-state index contributed by atoms with van der Waals surface area (Å²) in [4.78, 5) is 18.6. The number of aliphatic hydroxyl groups excluding tert-OH is 2. The SMILES string of the molecule is CCCN1CO[C@@]2(C1)[C@H](C)OC(O[C@H]1[C@H](C)[C@@H](OC3O[C@H](C)C[C@H](N(C)C)[C@H]3O)[C@](C)(O)C[C@@H](C)CN[C@H](C)[C@@H](O)[C@](C)(O)[C@@H](CC)OC(=O)[C@@H]1C)C[C@@]2(C)OC. The van der Waals surface area contributed by atoms with Crippen LogP contribution >= 0.6 is 0 Å². The molecule has 0 aromatic carbocycles. The van der Waals surface area contributed by atoms with Crippen molar-refractivity contribution in [1.82, 2.24) is 15.1 Å². The molecule has 0 saturated carbocycles. The molecule has 334 valence electrons. The van der Waals surface area contributed by atoms with Gasteiger partial charge in [-0.1, -0.05) is 27.7 Å². The molecule has 15 nitrogen and oxygen atoms in total. The number of nitrogens with one attached hydrogen (secondary N) is 1. The highest BCUT2D eigenvalue weighted by molar-refractivity contribution is 5.73. The van der Waals surface area contributed by atoms with Gasteiger partial charge in [-0.3, -0.25) is 9.69 Å². The molecule has 0 amide bonds. The maximum atomic E-state index is 14.4. The van der Waals surface area contributed by atoms with Crippen molar-refractivity contribution in [3.8, 4) is 0 Å². The zero-order chi connectivity index (χ0) is 42.8. The first-order valence-corrected chi connectivity index (χ1v) is 21.4. The second-order valence-corrected chi connectivity index (χ2v) is 18.8. The lowest BCUT2D eigenvalue weighted by Crippen LogP contribution is -2.68. The van der Waals surface area contributed by atoms with E-state index in [4.69, 9.17) is 33.2 Å². The fourth-order valence-corrected chi connectivity index (χ4v) is 10.1. The topological polar surface area (TPSA) is 181 Å². The minimum absolute atomic E-state index is 0.148. The average Bonchev–Trinajstić information content (AvgIpc) is 3.58. The van der Waals surface area contributed by atoms with Crippen molar-refractivity contribution in [3.63, 3.8) is 0 Å². The standard InChI is InChI=1S/C42H79N3O12/c1-15-17-45-22-42(52-23-45)29(8)54-32(20-40(42,10)51-14)56-34-26(5)36(57-38-33(46)30(44(12)13)18-25(4)53-38)39(9,49)19-24(3)21-43-28(7)35(47)41(11,50)31(16-2)55-37(48)27(34)6/h24-36,38,43,46-47,49-50H,15-23H2,1-14H3/t24-,25-,26+,27-,28-,29+,30+,31-,32?,33-,34+,35-,36-,38?,39-,40-,41-,42+/m1/s1. The molecule has 0 radical (unpaired) electrons. The summed E-state index contributed by atoms with van der Waals surface area (Å²) in [6.45, 7) is 22.6. The second kappa shape index (κ2) is 19.3. The van der Waals surface area contributed by atoms with Crippen molar-refractivity contribution in [2.45, 2.75) is 198 Å². The molecule has 0 aromatic heterocycles. The van der Waals surface area contributed by atoms with Crippen LogP contribution in [0.25, 0.3) is 0 Å². The highest BCUT2D eigenvalue weighted by atomic mass is 16.7. The number of esters is 1. The fraction of sp³-hybridized carbons (Fsp3) is 0.976. The first-order valence-electron chi connectivity index (χ1n) is 21.4. The molecule has 4 rings (SSSR count). The van der Waals surface area contributed by atoms with E-state index in [2.05, 4.69) is 17.1 Å². The van der Waals surface area contributed by atoms with Crippen LogP contribution in [0.3, 0.4) is 0 Å². The van der Waals surface area contributed by atoms with Gasteiger partial charge < -0.3 is 63.8 Å². The van der Waals surface area contributed by atoms with Gasteiger partial charge in [0.25, 0.3) is 0 Å². The van der Waals surface area contributed by atoms with E-state index in [1.54, 1.807) is 34.8 Å². The molecular formula is C42H79N3O12. The lowest BCUT2D eigenvalue weighted by Gasteiger charge is -2.54. The van der Waals surface area contributed by atoms with Gasteiger partial charge in [0.2, 0.25) is 0 Å². The summed E-state index contributed by atoms with van der Waals surface area (Å²) in [5, 5.41) is 50.7. The van der Waals surface area contributed by atoms with Gasteiger partial charge in [0.15, 0.2) is 12.6 Å². The number of hydrogen-bond donors (Lipinski definition) is 5. The first-order chi connectivity index (χ1) is 26.5. The molecule has 4 fully saturated rings. The van der Waals surface area contributed by atoms with Crippen LogP contribution in [0, 0.1) is 17.8 Å². The summed E-state index contributed by atoms with van der Waals surface area (Å²) in [7, 11) is 5.46. The molecule has 4 aliphatic rings. The van der Waals surface area contributed by atoms with Crippen LogP contribution in [-0.4, -0.2) is 174 Å². The summed E-state index contributed by atoms with van der Waals surface area (Å²) in [6.07, 6.45) is -5.77. The van der Waals surface area contributed by atoms with Gasteiger partial charge in [0, 0.05) is 44.6 Å². The van der Waals surface area contributed by atoms with E-state index in [0.717, 1.165) is 13.0 Å². The molecule has 0 bridgehead atoms. The van der Waals surface area contributed by atoms with Crippen molar-refractivity contribution < 1.29 is 58.4 Å². The predicted octanol–water partition coefficient (Wildman–Crippen LogP) is 2.64. The van der Waals surface area contributed by atoms with E-state index in [0.29, 0.717) is 26.2 Å². The minimum Gasteiger partial charge on any atom is -0.459 e. The molecule has 0 aromatic rings. The molecule has 2 unspecified atom stereocenters. The molecule has 0 aliphatic carbocycles. The van der Waals surface area contributed by atoms with Crippen molar-refractivity contribution >= 4 is 5.97 Å². The number of hydrogen-bond acceptors (Lipinski definition) is 15. The number of likely N-dealkylation sites (N-methyl/N-ethyl adjacent to an activating group) is 1. The lowest BCUT2D eigenvalue weighted by molar-refractivity contribution is -0.335. The number of methoxy groups -OCH3 is 1. The summed E-state index contributed by atoms with van der Waals surface area (Å²) in [5.41, 5.74) is -4.96. The Morgan fingerprint density at radius 1 is 0.982 bits per heavy atom. The van der Waals surface area contributed by atoms with Crippen LogP contribution in [-0.2, 0) is 38.0 Å². The average molecular weight is 818 g/mol. The van der Waals surface area contributed by atoms with E-state index < -0.39 is 95.5 Å². The number of carbonyl (C=O) groups excluding carboxylic acids is 1. The Morgan fingerprint density at radius 3 is 2.25 bits per heavy atom. The van der Waals surface area contributed by atoms with Gasteiger partial charge in [-0.25, -0.2) is 0 Å². The van der Waals surface area contributed by atoms with Gasteiger partial charge in [0.1, 0.15) is 41.8 Å². The third-order valence-corrected chi connectivity index (χ3v) is 13.7.